The Morgan fingerprint density at radius 2 is 1.96 bits per heavy atom. The summed E-state index contributed by atoms with van der Waals surface area (Å²) in [5, 5.41) is 10.7. The van der Waals surface area contributed by atoms with Gasteiger partial charge in [0.1, 0.15) is 23.3 Å². The van der Waals surface area contributed by atoms with E-state index < -0.39 is 17.5 Å². The van der Waals surface area contributed by atoms with Crippen molar-refractivity contribution in [1.29, 1.82) is 0 Å². The maximum Gasteiger partial charge on any atom is 0.195 e. The standard InChI is InChI=1S/C16H19FN10/c1-9(13-19-4-10(17)5-20-13)16(18)24-14(23-12-7-26(2)8-21-12)11-6-22-27(3)15(11)25-16/h4-9,25H,18H2,1-3H3,(H,23,24)/t9-,16?/m0/s1. The lowest BCUT2D eigenvalue weighted by atomic mass is 10.0. The number of amidine groups is 1. The number of hydrogen-bond donors (Lipinski definition) is 3. The molecule has 0 radical (unpaired) electrons. The van der Waals surface area contributed by atoms with Gasteiger partial charge in [0.15, 0.2) is 11.6 Å². The first kappa shape index (κ1) is 17.1. The number of nitrogens with zero attached hydrogens (tertiary/aromatic N) is 7. The lowest BCUT2D eigenvalue weighted by Crippen LogP contribution is -2.54. The van der Waals surface area contributed by atoms with E-state index in [0.717, 1.165) is 18.0 Å². The topological polar surface area (TPSA) is 124 Å². The van der Waals surface area contributed by atoms with E-state index in [1.807, 2.05) is 24.7 Å². The van der Waals surface area contributed by atoms with Crippen LogP contribution in [0.2, 0.25) is 0 Å². The number of aliphatic imine (C=N–C) groups is 1. The minimum absolute atomic E-state index is 0.373. The molecule has 4 rings (SSSR count). The largest absolute Gasteiger partial charge is 0.338 e. The lowest BCUT2D eigenvalue weighted by molar-refractivity contribution is 0.406. The molecule has 4 N–H and O–H groups in total. The molecule has 1 unspecified atom stereocenters. The highest BCUT2D eigenvalue weighted by Crippen LogP contribution is 2.33. The number of anilines is 2. The van der Waals surface area contributed by atoms with Crippen molar-refractivity contribution in [1.82, 2.24) is 29.3 Å². The number of hydrogen-bond acceptors (Lipinski definition) is 8. The van der Waals surface area contributed by atoms with Crippen LogP contribution in [0.15, 0.2) is 36.1 Å². The molecule has 0 spiro atoms. The summed E-state index contributed by atoms with van der Waals surface area (Å²) >= 11 is 0. The zero-order chi connectivity index (χ0) is 19.2. The molecule has 4 heterocycles. The molecule has 10 nitrogen and oxygen atoms in total. The Hall–Kier alpha value is -3.34. The first-order valence-corrected chi connectivity index (χ1v) is 8.27. The van der Waals surface area contributed by atoms with Crippen molar-refractivity contribution in [3.63, 3.8) is 0 Å². The number of aromatic nitrogens is 6. The maximum atomic E-state index is 13.2. The number of nitrogens with two attached hydrogens (primary N) is 1. The Balaban J connectivity index is 1.75. The van der Waals surface area contributed by atoms with Gasteiger partial charge in [-0.1, -0.05) is 0 Å². The van der Waals surface area contributed by atoms with Gasteiger partial charge in [-0.15, -0.1) is 0 Å². The zero-order valence-corrected chi connectivity index (χ0v) is 15.0. The number of fused-ring (bicyclic) bond motifs is 1. The predicted molar refractivity (Wildman–Crippen MR) is 97.5 cm³/mol. The average molecular weight is 370 g/mol. The first-order valence-electron chi connectivity index (χ1n) is 8.27. The molecule has 27 heavy (non-hydrogen) atoms. The number of imidazole rings is 1. The monoisotopic (exact) mass is 370 g/mol. The highest BCUT2D eigenvalue weighted by molar-refractivity contribution is 6.12. The SMILES string of the molecule is C[C@@H](c1ncc(F)cn1)C1(N)N=C(Nc2cn(C)cn2)c2cnn(C)c2N1. The molecular formula is C16H19FN10. The summed E-state index contributed by atoms with van der Waals surface area (Å²) < 4.78 is 16.7. The van der Waals surface area contributed by atoms with Crippen LogP contribution in [-0.4, -0.2) is 40.9 Å². The van der Waals surface area contributed by atoms with Gasteiger partial charge in [-0.05, 0) is 6.92 Å². The van der Waals surface area contributed by atoms with Crippen LogP contribution in [0.3, 0.4) is 0 Å². The van der Waals surface area contributed by atoms with Crippen molar-refractivity contribution in [3.05, 3.63) is 48.3 Å². The van der Waals surface area contributed by atoms with Gasteiger partial charge in [-0.25, -0.2) is 24.3 Å². The number of rotatable bonds is 3. The van der Waals surface area contributed by atoms with Crippen molar-refractivity contribution < 1.29 is 4.39 Å². The molecule has 3 aromatic heterocycles. The molecule has 0 amide bonds. The fourth-order valence-corrected chi connectivity index (χ4v) is 2.86. The molecular weight excluding hydrogens is 351 g/mol. The smallest absolute Gasteiger partial charge is 0.195 e. The van der Waals surface area contributed by atoms with E-state index in [0.29, 0.717) is 23.3 Å². The quantitative estimate of drug-likeness (QED) is 0.622. The Labute approximate surface area is 154 Å². The molecule has 1 aliphatic rings. The van der Waals surface area contributed by atoms with Gasteiger partial charge in [0, 0.05) is 20.3 Å². The minimum atomic E-state index is -1.27. The third-order valence-corrected chi connectivity index (χ3v) is 4.45. The Morgan fingerprint density at radius 1 is 1.22 bits per heavy atom. The Morgan fingerprint density at radius 3 is 2.63 bits per heavy atom. The van der Waals surface area contributed by atoms with Gasteiger partial charge in [0.25, 0.3) is 0 Å². The summed E-state index contributed by atoms with van der Waals surface area (Å²) in [5.41, 5.74) is 7.35. The van der Waals surface area contributed by atoms with Crippen molar-refractivity contribution in [2.24, 2.45) is 24.8 Å². The lowest BCUT2D eigenvalue weighted by Gasteiger charge is -2.36. The molecule has 140 valence electrons. The highest BCUT2D eigenvalue weighted by atomic mass is 19.1. The summed E-state index contributed by atoms with van der Waals surface area (Å²) in [6, 6.07) is 0. The van der Waals surface area contributed by atoms with E-state index >= 15 is 0 Å². The van der Waals surface area contributed by atoms with Crippen molar-refractivity contribution in [3.8, 4) is 0 Å². The summed E-state index contributed by atoms with van der Waals surface area (Å²) in [7, 11) is 3.67. The van der Waals surface area contributed by atoms with E-state index in [4.69, 9.17) is 5.73 Å². The molecule has 2 atom stereocenters. The molecule has 11 heteroatoms. The number of halogens is 1. The van der Waals surface area contributed by atoms with Crippen LogP contribution in [0.1, 0.15) is 24.2 Å². The van der Waals surface area contributed by atoms with Crippen LogP contribution in [0, 0.1) is 5.82 Å². The van der Waals surface area contributed by atoms with Crippen LogP contribution in [-0.2, 0) is 14.1 Å². The van der Waals surface area contributed by atoms with Crippen molar-refractivity contribution in [2.45, 2.75) is 18.6 Å². The van der Waals surface area contributed by atoms with Crippen molar-refractivity contribution in [2.75, 3.05) is 10.6 Å². The van der Waals surface area contributed by atoms with E-state index in [9.17, 15) is 4.39 Å². The third kappa shape index (κ3) is 3.01. The van der Waals surface area contributed by atoms with Gasteiger partial charge in [0.05, 0.1) is 36.4 Å². The highest BCUT2D eigenvalue weighted by Gasteiger charge is 2.40. The molecule has 0 saturated heterocycles. The van der Waals surface area contributed by atoms with Crippen molar-refractivity contribution >= 4 is 17.5 Å². The summed E-state index contributed by atoms with van der Waals surface area (Å²) in [6.45, 7) is 1.82. The Kier molecular flexibility index (Phi) is 3.88. The van der Waals surface area contributed by atoms with E-state index in [-0.39, 0.29) is 0 Å². The fourth-order valence-electron chi connectivity index (χ4n) is 2.86. The second-order valence-corrected chi connectivity index (χ2v) is 6.47. The van der Waals surface area contributed by atoms with Gasteiger partial charge >= 0.3 is 0 Å². The molecule has 3 aromatic rings. The van der Waals surface area contributed by atoms with Crippen LogP contribution >= 0.6 is 0 Å². The molecule has 0 fully saturated rings. The zero-order valence-electron chi connectivity index (χ0n) is 15.0. The predicted octanol–water partition coefficient (Wildman–Crippen LogP) is 0.783. The minimum Gasteiger partial charge on any atom is -0.338 e. The average Bonchev–Trinajstić information content (AvgIpc) is 3.21. The van der Waals surface area contributed by atoms with E-state index in [1.165, 1.54) is 0 Å². The molecule has 0 aliphatic carbocycles. The number of nitrogens with one attached hydrogen (secondary N) is 2. The van der Waals surface area contributed by atoms with Crippen LogP contribution in [0.25, 0.3) is 0 Å². The molecule has 0 bridgehead atoms. The second-order valence-electron chi connectivity index (χ2n) is 6.47. The van der Waals surface area contributed by atoms with Gasteiger partial charge in [0.2, 0.25) is 0 Å². The summed E-state index contributed by atoms with van der Waals surface area (Å²) in [5.74, 6) is -0.0217. The van der Waals surface area contributed by atoms with Crippen LogP contribution in [0.4, 0.5) is 16.0 Å². The van der Waals surface area contributed by atoms with Gasteiger partial charge in [-0.2, -0.15) is 5.10 Å². The summed E-state index contributed by atoms with van der Waals surface area (Å²) in [6.07, 6.45) is 7.41. The Bertz CT molecular complexity index is 1000. The second kappa shape index (κ2) is 6.13. The molecule has 0 aromatic carbocycles. The van der Waals surface area contributed by atoms with E-state index in [2.05, 4.69) is 35.7 Å². The van der Waals surface area contributed by atoms with Gasteiger partial charge < -0.3 is 15.2 Å². The summed E-state index contributed by atoms with van der Waals surface area (Å²) in [4.78, 5) is 17.0. The van der Waals surface area contributed by atoms with E-state index in [1.54, 1.807) is 24.3 Å². The molecule has 1 aliphatic heterocycles. The number of aryl methyl sites for hydroxylation is 2. The van der Waals surface area contributed by atoms with Crippen LogP contribution < -0.4 is 16.4 Å². The fraction of sp³-hybridized carbons (Fsp3) is 0.312. The maximum absolute atomic E-state index is 13.2. The van der Waals surface area contributed by atoms with Gasteiger partial charge in [-0.3, -0.25) is 10.4 Å². The van der Waals surface area contributed by atoms with Crippen LogP contribution in [0.5, 0.6) is 0 Å². The molecule has 0 saturated carbocycles. The third-order valence-electron chi connectivity index (χ3n) is 4.45. The first-order chi connectivity index (χ1) is 12.9. The normalized spacial score (nSPS) is 19.8.